The van der Waals surface area contributed by atoms with E-state index in [1.807, 2.05) is 43.5 Å². The van der Waals surface area contributed by atoms with E-state index in [2.05, 4.69) is 40.3 Å². The van der Waals surface area contributed by atoms with E-state index in [-0.39, 0.29) is 5.91 Å². The summed E-state index contributed by atoms with van der Waals surface area (Å²) in [5, 5.41) is 11.4. The van der Waals surface area contributed by atoms with E-state index in [1.165, 1.54) is 19.3 Å². The van der Waals surface area contributed by atoms with Gasteiger partial charge in [0, 0.05) is 30.2 Å². The zero-order valence-electron chi connectivity index (χ0n) is 20.8. The number of hydrogen-bond donors (Lipinski definition) is 3. The standard InChI is InChI=1S/C26H28N10O/c1-35(2)15-23(37)30-17-8-16(10-27-11-17)19-9-18-20(13-29-19)33-34-24(18)26-31-21-12-28-14-22(25(21)32-26)36-6-4-3-5-7-36/h8-14H,3-7,15H2,1-2H3,(H,30,37)(H,31,32)(H,33,34). The van der Waals surface area contributed by atoms with Crippen molar-refractivity contribution < 1.29 is 4.79 Å². The number of hydrogen-bond acceptors (Lipinski definition) is 8. The van der Waals surface area contributed by atoms with E-state index >= 15 is 0 Å². The Labute approximate surface area is 213 Å². The van der Waals surface area contributed by atoms with Crippen LogP contribution in [0.2, 0.25) is 0 Å². The molecule has 0 aromatic carbocycles. The number of aromatic amines is 2. The van der Waals surface area contributed by atoms with Crippen LogP contribution in [0.25, 0.3) is 44.7 Å². The summed E-state index contributed by atoms with van der Waals surface area (Å²) in [5.74, 6) is 0.570. The Morgan fingerprint density at radius 2 is 1.86 bits per heavy atom. The molecule has 0 spiro atoms. The molecule has 5 aromatic heterocycles. The first kappa shape index (κ1) is 23.0. The summed E-state index contributed by atoms with van der Waals surface area (Å²) in [6.45, 7) is 2.33. The van der Waals surface area contributed by atoms with Crippen LogP contribution in [0.5, 0.6) is 0 Å². The Bertz CT molecular complexity index is 1580. The number of likely N-dealkylation sites (N-methyl/N-ethyl adjacent to an activating group) is 1. The first-order valence-corrected chi connectivity index (χ1v) is 12.4. The number of nitrogens with zero attached hydrogens (tertiary/aromatic N) is 7. The highest BCUT2D eigenvalue weighted by Crippen LogP contribution is 2.32. The smallest absolute Gasteiger partial charge is 0.238 e. The predicted octanol–water partition coefficient (Wildman–Crippen LogP) is 3.45. The van der Waals surface area contributed by atoms with Crippen LogP contribution in [-0.2, 0) is 4.79 Å². The average Bonchev–Trinajstić information content (AvgIpc) is 3.52. The molecule has 37 heavy (non-hydrogen) atoms. The van der Waals surface area contributed by atoms with Gasteiger partial charge in [-0.2, -0.15) is 5.10 Å². The zero-order chi connectivity index (χ0) is 25.4. The van der Waals surface area contributed by atoms with Gasteiger partial charge in [-0.1, -0.05) is 0 Å². The fourth-order valence-electron chi connectivity index (χ4n) is 4.79. The van der Waals surface area contributed by atoms with Crippen molar-refractivity contribution >= 4 is 39.2 Å². The molecule has 0 unspecified atom stereocenters. The van der Waals surface area contributed by atoms with Crippen LogP contribution in [0, 0.1) is 0 Å². The number of carbonyl (C=O) groups is 1. The molecule has 0 saturated carbocycles. The van der Waals surface area contributed by atoms with Crippen molar-refractivity contribution in [1.82, 2.24) is 40.0 Å². The van der Waals surface area contributed by atoms with Crippen LogP contribution in [-0.4, -0.2) is 79.7 Å². The molecule has 6 rings (SSSR count). The van der Waals surface area contributed by atoms with Gasteiger partial charge in [0.2, 0.25) is 5.91 Å². The summed E-state index contributed by atoms with van der Waals surface area (Å²) in [4.78, 5) is 38.1. The van der Waals surface area contributed by atoms with Crippen LogP contribution in [0.1, 0.15) is 19.3 Å². The summed E-state index contributed by atoms with van der Waals surface area (Å²) < 4.78 is 0. The van der Waals surface area contributed by atoms with Crippen LogP contribution in [0.3, 0.4) is 0 Å². The quantitative estimate of drug-likeness (QED) is 0.326. The van der Waals surface area contributed by atoms with Gasteiger partial charge in [-0.15, -0.1) is 0 Å². The number of nitrogens with one attached hydrogen (secondary N) is 3. The zero-order valence-corrected chi connectivity index (χ0v) is 20.8. The van der Waals surface area contributed by atoms with Crippen molar-refractivity contribution in [2.45, 2.75) is 19.3 Å². The van der Waals surface area contributed by atoms with E-state index in [4.69, 9.17) is 4.98 Å². The van der Waals surface area contributed by atoms with Crippen molar-refractivity contribution in [3.8, 4) is 22.8 Å². The highest BCUT2D eigenvalue weighted by molar-refractivity contribution is 5.97. The van der Waals surface area contributed by atoms with Crippen LogP contribution >= 0.6 is 0 Å². The fourth-order valence-corrected chi connectivity index (χ4v) is 4.79. The molecule has 0 bridgehead atoms. The molecule has 188 valence electrons. The van der Waals surface area contributed by atoms with E-state index in [0.717, 1.165) is 52.0 Å². The Kier molecular flexibility index (Phi) is 5.97. The molecule has 0 radical (unpaired) electrons. The van der Waals surface area contributed by atoms with Crippen molar-refractivity contribution in [3.63, 3.8) is 0 Å². The maximum atomic E-state index is 12.2. The van der Waals surface area contributed by atoms with E-state index in [1.54, 1.807) is 18.6 Å². The molecular weight excluding hydrogens is 468 g/mol. The highest BCUT2D eigenvalue weighted by Gasteiger charge is 2.19. The second-order valence-electron chi connectivity index (χ2n) is 9.62. The van der Waals surface area contributed by atoms with Gasteiger partial charge in [0.15, 0.2) is 5.82 Å². The van der Waals surface area contributed by atoms with Gasteiger partial charge in [0.25, 0.3) is 0 Å². The monoisotopic (exact) mass is 496 g/mol. The maximum Gasteiger partial charge on any atom is 0.238 e. The number of rotatable bonds is 6. The van der Waals surface area contributed by atoms with Crippen LogP contribution in [0.15, 0.2) is 43.1 Å². The SMILES string of the molecule is CN(C)CC(=O)Nc1cncc(-c2cc3c(-c4nc5c(N6CCCCC6)cncc5[nH]4)n[nH]c3cn2)c1. The van der Waals surface area contributed by atoms with E-state index in [0.29, 0.717) is 23.8 Å². The Hall–Kier alpha value is -4.38. The number of H-pyrrole nitrogens is 2. The Balaban J connectivity index is 1.35. The second-order valence-corrected chi connectivity index (χ2v) is 9.62. The predicted molar refractivity (Wildman–Crippen MR) is 143 cm³/mol. The van der Waals surface area contributed by atoms with E-state index in [9.17, 15) is 4.79 Å². The summed E-state index contributed by atoms with van der Waals surface area (Å²) in [5.41, 5.74) is 6.49. The molecule has 11 heteroatoms. The van der Waals surface area contributed by atoms with Gasteiger partial charge in [0.05, 0.1) is 59.4 Å². The van der Waals surface area contributed by atoms with Crippen molar-refractivity contribution in [3.05, 3.63) is 43.1 Å². The third kappa shape index (κ3) is 4.60. The van der Waals surface area contributed by atoms with Gasteiger partial charge in [-0.3, -0.25) is 24.8 Å². The fraction of sp³-hybridized carbons (Fsp3) is 0.308. The normalized spacial score (nSPS) is 14.1. The molecule has 5 aromatic rings. The number of fused-ring (bicyclic) bond motifs is 2. The average molecular weight is 497 g/mol. The van der Waals surface area contributed by atoms with Gasteiger partial charge in [-0.05, 0) is 45.5 Å². The first-order valence-electron chi connectivity index (χ1n) is 12.4. The number of carbonyl (C=O) groups excluding carboxylic acids is 1. The summed E-state index contributed by atoms with van der Waals surface area (Å²) in [7, 11) is 3.70. The molecule has 1 saturated heterocycles. The lowest BCUT2D eigenvalue weighted by Gasteiger charge is -2.28. The molecule has 0 atom stereocenters. The third-order valence-electron chi connectivity index (χ3n) is 6.52. The lowest BCUT2D eigenvalue weighted by Crippen LogP contribution is -2.29. The van der Waals surface area contributed by atoms with Crippen molar-refractivity contribution in [1.29, 1.82) is 0 Å². The van der Waals surface area contributed by atoms with Gasteiger partial charge in [0.1, 0.15) is 11.2 Å². The minimum absolute atomic E-state index is 0.104. The molecule has 1 amide bonds. The summed E-state index contributed by atoms with van der Waals surface area (Å²) in [6, 6.07) is 3.83. The molecule has 6 heterocycles. The van der Waals surface area contributed by atoms with Crippen molar-refractivity contribution in [2.24, 2.45) is 0 Å². The molecule has 1 aliphatic rings. The molecule has 0 aliphatic carbocycles. The largest absolute Gasteiger partial charge is 0.368 e. The molecular formula is C26H28N10O. The molecule has 1 fully saturated rings. The van der Waals surface area contributed by atoms with Crippen LogP contribution in [0.4, 0.5) is 11.4 Å². The number of pyridine rings is 3. The van der Waals surface area contributed by atoms with Crippen LogP contribution < -0.4 is 10.2 Å². The second kappa shape index (κ2) is 9.58. The van der Waals surface area contributed by atoms with Crippen molar-refractivity contribution in [2.75, 3.05) is 43.9 Å². The number of piperidine rings is 1. The van der Waals surface area contributed by atoms with E-state index < -0.39 is 0 Å². The number of anilines is 2. The number of amides is 1. The van der Waals surface area contributed by atoms with Gasteiger partial charge in [-0.25, -0.2) is 4.98 Å². The third-order valence-corrected chi connectivity index (χ3v) is 6.52. The summed E-state index contributed by atoms with van der Waals surface area (Å²) in [6.07, 6.45) is 12.5. The Morgan fingerprint density at radius 1 is 1.03 bits per heavy atom. The molecule has 11 nitrogen and oxygen atoms in total. The molecule has 1 aliphatic heterocycles. The Morgan fingerprint density at radius 3 is 2.70 bits per heavy atom. The minimum atomic E-state index is -0.104. The lowest BCUT2D eigenvalue weighted by molar-refractivity contribution is -0.116. The number of imidazole rings is 1. The molecule has 3 N–H and O–H groups in total. The van der Waals surface area contributed by atoms with Gasteiger partial charge < -0.3 is 20.1 Å². The topological polar surface area (TPSA) is 132 Å². The first-order chi connectivity index (χ1) is 18.0. The minimum Gasteiger partial charge on any atom is -0.368 e. The lowest BCUT2D eigenvalue weighted by atomic mass is 10.1. The maximum absolute atomic E-state index is 12.2. The summed E-state index contributed by atoms with van der Waals surface area (Å²) >= 11 is 0. The number of aromatic nitrogens is 7. The van der Waals surface area contributed by atoms with Gasteiger partial charge >= 0.3 is 0 Å². The highest BCUT2D eigenvalue weighted by atomic mass is 16.2.